The Hall–Kier alpha value is -2.70. The first-order chi connectivity index (χ1) is 10.9. The standard InChI is InChI=1S/C16H15F3N2O2/c1-10-2-3-11(17)8-14(10)20-9-15(22)21-12-4-6-13(7-5-12)23-16(18)19/h2-8,16,20H,9H2,1H3,(H,21,22). The van der Waals surface area contributed by atoms with Crippen molar-refractivity contribution in [2.45, 2.75) is 13.5 Å². The minimum Gasteiger partial charge on any atom is -0.435 e. The molecule has 0 atom stereocenters. The average molecular weight is 324 g/mol. The van der Waals surface area contributed by atoms with Gasteiger partial charge < -0.3 is 15.4 Å². The number of carbonyl (C=O) groups is 1. The Morgan fingerprint density at radius 2 is 1.87 bits per heavy atom. The molecule has 0 bridgehead atoms. The molecular formula is C16H15F3N2O2. The molecule has 0 unspecified atom stereocenters. The molecule has 0 heterocycles. The Labute approximate surface area is 131 Å². The highest BCUT2D eigenvalue weighted by Crippen LogP contribution is 2.18. The van der Waals surface area contributed by atoms with E-state index < -0.39 is 12.4 Å². The third-order valence-corrected chi connectivity index (χ3v) is 3.00. The van der Waals surface area contributed by atoms with Crippen molar-refractivity contribution >= 4 is 17.3 Å². The quantitative estimate of drug-likeness (QED) is 0.850. The van der Waals surface area contributed by atoms with Crippen molar-refractivity contribution in [3.63, 3.8) is 0 Å². The second-order valence-electron chi connectivity index (χ2n) is 4.76. The maximum atomic E-state index is 13.1. The molecule has 7 heteroatoms. The van der Waals surface area contributed by atoms with E-state index in [4.69, 9.17) is 0 Å². The van der Waals surface area contributed by atoms with Crippen molar-refractivity contribution in [3.8, 4) is 5.75 Å². The predicted octanol–water partition coefficient (Wildman–Crippen LogP) is 3.79. The molecule has 2 N–H and O–H groups in total. The van der Waals surface area contributed by atoms with Crippen molar-refractivity contribution in [1.29, 1.82) is 0 Å². The monoisotopic (exact) mass is 324 g/mol. The van der Waals surface area contributed by atoms with Crippen LogP contribution < -0.4 is 15.4 Å². The van der Waals surface area contributed by atoms with Gasteiger partial charge in [0.1, 0.15) is 11.6 Å². The van der Waals surface area contributed by atoms with Crippen LogP contribution in [0.3, 0.4) is 0 Å². The van der Waals surface area contributed by atoms with Gasteiger partial charge in [-0.05, 0) is 48.9 Å². The molecule has 0 aliphatic carbocycles. The van der Waals surface area contributed by atoms with E-state index in [2.05, 4.69) is 15.4 Å². The smallest absolute Gasteiger partial charge is 0.387 e. The van der Waals surface area contributed by atoms with Crippen molar-refractivity contribution in [1.82, 2.24) is 0 Å². The molecule has 122 valence electrons. The molecule has 4 nitrogen and oxygen atoms in total. The van der Waals surface area contributed by atoms with Crippen LogP contribution in [0.2, 0.25) is 0 Å². The number of carbonyl (C=O) groups excluding carboxylic acids is 1. The second kappa shape index (κ2) is 7.53. The van der Waals surface area contributed by atoms with Gasteiger partial charge in [-0.1, -0.05) is 6.07 Å². The summed E-state index contributed by atoms with van der Waals surface area (Å²) in [6, 6.07) is 9.80. The van der Waals surface area contributed by atoms with Crippen LogP contribution in [0.25, 0.3) is 0 Å². The zero-order chi connectivity index (χ0) is 16.8. The zero-order valence-corrected chi connectivity index (χ0v) is 12.3. The highest BCUT2D eigenvalue weighted by atomic mass is 19.3. The SMILES string of the molecule is Cc1ccc(F)cc1NCC(=O)Nc1ccc(OC(F)F)cc1. The molecule has 1 amide bonds. The minimum absolute atomic E-state index is 0.00603. The number of amides is 1. The number of nitrogens with one attached hydrogen (secondary N) is 2. The molecule has 0 saturated heterocycles. The van der Waals surface area contributed by atoms with Crippen LogP contribution in [0.5, 0.6) is 5.75 Å². The summed E-state index contributed by atoms with van der Waals surface area (Å²) in [6.45, 7) is -1.16. The molecule has 23 heavy (non-hydrogen) atoms. The van der Waals surface area contributed by atoms with E-state index in [0.29, 0.717) is 11.4 Å². The first-order valence-electron chi connectivity index (χ1n) is 6.79. The number of anilines is 2. The number of halogens is 3. The third kappa shape index (κ3) is 5.21. The Morgan fingerprint density at radius 3 is 2.52 bits per heavy atom. The lowest BCUT2D eigenvalue weighted by atomic mass is 10.2. The summed E-state index contributed by atoms with van der Waals surface area (Å²) in [5.41, 5.74) is 1.78. The number of benzene rings is 2. The minimum atomic E-state index is -2.89. The van der Waals surface area contributed by atoms with Crippen molar-refractivity contribution in [2.24, 2.45) is 0 Å². The predicted molar refractivity (Wildman–Crippen MR) is 81.3 cm³/mol. The van der Waals surface area contributed by atoms with E-state index in [1.54, 1.807) is 13.0 Å². The molecule has 2 aromatic carbocycles. The highest BCUT2D eigenvalue weighted by Gasteiger charge is 2.07. The molecule has 0 spiro atoms. The Morgan fingerprint density at radius 1 is 1.17 bits per heavy atom. The van der Waals surface area contributed by atoms with Gasteiger partial charge >= 0.3 is 6.61 Å². The van der Waals surface area contributed by atoms with Crippen LogP contribution >= 0.6 is 0 Å². The number of aryl methyl sites for hydroxylation is 1. The fraction of sp³-hybridized carbons (Fsp3) is 0.188. The fourth-order valence-electron chi connectivity index (χ4n) is 1.89. The maximum absolute atomic E-state index is 13.1. The van der Waals surface area contributed by atoms with Gasteiger partial charge in [-0.2, -0.15) is 8.78 Å². The lowest BCUT2D eigenvalue weighted by Crippen LogP contribution is -2.22. The van der Waals surface area contributed by atoms with Gasteiger partial charge in [0.25, 0.3) is 0 Å². The third-order valence-electron chi connectivity index (χ3n) is 3.00. The van der Waals surface area contributed by atoms with Gasteiger partial charge in [-0.15, -0.1) is 0 Å². The molecule has 0 aliphatic heterocycles. The van der Waals surface area contributed by atoms with Crippen LogP contribution in [0.15, 0.2) is 42.5 Å². The van der Waals surface area contributed by atoms with E-state index in [1.807, 2.05) is 0 Å². The lowest BCUT2D eigenvalue weighted by Gasteiger charge is -2.10. The number of ether oxygens (including phenoxy) is 1. The first-order valence-corrected chi connectivity index (χ1v) is 6.79. The second-order valence-corrected chi connectivity index (χ2v) is 4.76. The molecule has 2 aromatic rings. The summed E-state index contributed by atoms with van der Waals surface area (Å²) < 4.78 is 41.4. The topological polar surface area (TPSA) is 50.4 Å². The number of hydrogen-bond acceptors (Lipinski definition) is 3. The molecule has 2 rings (SSSR count). The Kier molecular flexibility index (Phi) is 5.46. The lowest BCUT2D eigenvalue weighted by molar-refractivity contribution is -0.114. The van der Waals surface area contributed by atoms with E-state index in [-0.39, 0.29) is 18.2 Å². The van der Waals surface area contributed by atoms with Gasteiger partial charge in [0.2, 0.25) is 5.91 Å². The van der Waals surface area contributed by atoms with Crippen LogP contribution in [-0.4, -0.2) is 19.1 Å². The summed E-state index contributed by atoms with van der Waals surface area (Å²) in [6.07, 6.45) is 0. The number of rotatable bonds is 6. The van der Waals surface area contributed by atoms with Crippen LogP contribution in [0, 0.1) is 12.7 Å². The molecule has 0 aromatic heterocycles. The molecular weight excluding hydrogens is 309 g/mol. The average Bonchev–Trinajstić information content (AvgIpc) is 2.50. The van der Waals surface area contributed by atoms with Crippen molar-refractivity contribution in [2.75, 3.05) is 17.2 Å². The summed E-state index contributed by atoms with van der Waals surface area (Å²) >= 11 is 0. The van der Waals surface area contributed by atoms with E-state index in [9.17, 15) is 18.0 Å². The van der Waals surface area contributed by atoms with E-state index >= 15 is 0 Å². The van der Waals surface area contributed by atoms with E-state index in [1.165, 1.54) is 36.4 Å². The zero-order valence-electron chi connectivity index (χ0n) is 12.3. The first kappa shape index (κ1) is 16.7. The molecule has 0 saturated carbocycles. The summed E-state index contributed by atoms with van der Waals surface area (Å²) in [5, 5.41) is 5.42. The van der Waals surface area contributed by atoms with Gasteiger partial charge in [-0.25, -0.2) is 4.39 Å². The Balaban J connectivity index is 1.88. The highest BCUT2D eigenvalue weighted by molar-refractivity contribution is 5.93. The van der Waals surface area contributed by atoms with Gasteiger partial charge in [0.15, 0.2) is 0 Å². The van der Waals surface area contributed by atoms with Gasteiger partial charge in [0, 0.05) is 11.4 Å². The summed E-state index contributed by atoms with van der Waals surface area (Å²) in [7, 11) is 0. The molecule has 0 aliphatic rings. The number of alkyl halides is 2. The largest absolute Gasteiger partial charge is 0.435 e. The van der Waals surface area contributed by atoms with E-state index in [0.717, 1.165) is 5.56 Å². The van der Waals surface area contributed by atoms with Crippen LogP contribution in [-0.2, 0) is 4.79 Å². The maximum Gasteiger partial charge on any atom is 0.387 e. The normalized spacial score (nSPS) is 10.5. The number of hydrogen-bond donors (Lipinski definition) is 2. The Bertz CT molecular complexity index is 676. The van der Waals surface area contributed by atoms with Crippen LogP contribution in [0.1, 0.15) is 5.56 Å². The summed E-state index contributed by atoms with van der Waals surface area (Å²) in [5.74, 6) is -0.740. The fourth-order valence-corrected chi connectivity index (χ4v) is 1.89. The van der Waals surface area contributed by atoms with Crippen molar-refractivity contribution in [3.05, 3.63) is 53.8 Å². The molecule has 0 radical (unpaired) electrons. The van der Waals surface area contributed by atoms with Gasteiger partial charge in [0.05, 0.1) is 6.54 Å². The molecule has 0 fully saturated rings. The summed E-state index contributed by atoms with van der Waals surface area (Å²) in [4.78, 5) is 11.8. The van der Waals surface area contributed by atoms with Crippen molar-refractivity contribution < 1.29 is 22.7 Å². The van der Waals surface area contributed by atoms with Gasteiger partial charge in [-0.3, -0.25) is 4.79 Å². The van der Waals surface area contributed by atoms with Crippen LogP contribution in [0.4, 0.5) is 24.5 Å².